The third kappa shape index (κ3) is 3.07. The van der Waals surface area contributed by atoms with Gasteiger partial charge in [0.05, 0.1) is 0 Å². The van der Waals surface area contributed by atoms with E-state index in [1.807, 2.05) is 0 Å². The van der Waals surface area contributed by atoms with Crippen LogP contribution in [0, 0.1) is 0 Å². The van der Waals surface area contributed by atoms with E-state index in [0.29, 0.717) is 28.9 Å². The first-order chi connectivity index (χ1) is 10.2. The fraction of sp³-hybridized carbons (Fsp3) is 0.286. The van der Waals surface area contributed by atoms with Gasteiger partial charge in [0.1, 0.15) is 11.6 Å². The van der Waals surface area contributed by atoms with Gasteiger partial charge in [-0.1, -0.05) is 6.92 Å². The van der Waals surface area contributed by atoms with Crippen molar-refractivity contribution < 1.29 is 14.2 Å². The molecule has 0 spiro atoms. The number of benzene rings is 1. The van der Waals surface area contributed by atoms with Crippen LogP contribution in [0.25, 0.3) is 0 Å². The number of anilines is 2. The number of nitrogens with two attached hydrogens (primary N) is 1. The van der Waals surface area contributed by atoms with E-state index in [4.69, 9.17) is 19.9 Å². The van der Waals surface area contributed by atoms with Gasteiger partial charge in [-0.2, -0.15) is 9.97 Å². The Labute approximate surface area is 122 Å². The van der Waals surface area contributed by atoms with Crippen molar-refractivity contribution in [2.24, 2.45) is 0 Å². The molecule has 0 saturated carbocycles. The smallest absolute Gasteiger partial charge is 0.231 e. The third-order valence-electron chi connectivity index (χ3n) is 2.84. The van der Waals surface area contributed by atoms with Crippen LogP contribution in [0.2, 0.25) is 0 Å². The fourth-order valence-corrected chi connectivity index (χ4v) is 1.90. The largest absolute Gasteiger partial charge is 0.454 e. The normalized spacial score (nSPS) is 12.2. The van der Waals surface area contributed by atoms with Gasteiger partial charge in [0.25, 0.3) is 0 Å². The summed E-state index contributed by atoms with van der Waals surface area (Å²) in [6.45, 7) is 3.10. The lowest BCUT2D eigenvalue weighted by Gasteiger charge is -2.09. The second-order valence-corrected chi connectivity index (χ2v) is 4.49. The van der Waals surface area contributed by atoms with Crippen molar-refractivity contribution in [2.45, 2.75) is 13.3 Å². The highest BCUT2D eigenvalue weighted by atomic mass is 16.7. The summed E-state index contributed by atoms with van der Waals surface area (Å²) in [7, 11) is 0. The third-order valence-corrected chi connectivity index (χ3v) is 2.84. The SMILES string of the molecule is CCCNc1cc(Oc2ccc3c(c2)OCO3)nc(N)n1. The standard InChI is InChI=1S/C14H16N4O3/c1-2-5-16-12-7-13(18-14(15)17-12)21-9-3-4-10-11(6-9)20-8-19-10/h3-4,6-7H,2,5,8H2,1H3,(H3,15,16,17,18). The van der Waals surface area contributed by atoms with E-state index in [0.717, 1.165) is 13.0 Å². The molecule has 0 fully saturated rings. The second-order valence-electron chi connectivity index (χ2n) is 4.49. The molecule has 21 heavy (non-hydrogen) atoms. The maximum atomic E-state index is 5.70. The molecule has 7 nitrogen and oxygen atoms in total. The van der Waals surface area contributed by atoms with Crippen LogP contribution < -0.4 is 25.3 Å². The Bertz CT molecular complexity index is 648. The molecule has 7 heteroatoms. The number of rotatable bonds is 5. The number of nitrogen functional groups attached to an aromatic ring is 1. The minimum absolute atomic E-state index is 0.159. The first-order valence-corrected chi connectivity index (χ1v) is 6.70. The highest BCUT2D eigenvalue weighted by molar-refractivity contribution is 5.49. The molecule has 0 atom stereocenters. The summed E-state index contributed by atoms with van der Waals surface area (Å²) in [4.78, 5) is 8.16. The molecular weight excluding hydrogens is 272 g/mol. The van der Waals surface area contributed by atoms with Gasteiger partial charge >= 0.3 is 0 Å². The zero-order valence-corrected chi connectivity index (χ0v) is 11.6. The number of nitrogens with one attached hydrogen (secondary N) is 1. The molecule has 2 heterocycles. The topological polar surface area (TPSA) is 91.5 Å². The van der Waals surface area contributed by atoms with Crippen LogP contribution in [0.5, 0.6) is 23.1 Å². The molecule has 0 amide bonds. The summed E-state index contributed by atoms with van der Waals surface area (Å²) >= 11 is 0. The predicted octanol–water partition coefficient (Wildman–Crippen LogP) is 2.40. The lowest BCUT2D eigenvalue weighted by molar-refractivity contribution is 0.174. The number of ether oxygens (including phenoxy) is 3. The zero-order chi connectivity index (χ0) is 14.7. The summed E-state index contributed by atoms with van der Waals surface area (Å²) in [5.74, 6) is 3.12. The highest BCUT2D eigenvalue weighted by Crippen LogP contribution is 2.36. The Hall–Kier alpha value is -2.70. The van der Waals surface area contributed by atoms with Crippen molar-refractivity contribution in [2.75, 3.05) is 24.4 Å². The first kappa shape index (κ1) is 13.3. The molecule has 0 aliphatic carbocycles. The van der Waals surface area contributed by atoms with Gasteiger partial charge < -0.3 is 25.3 Å². The van der Waals surface area contributed by atoms with Crippen LogP contribution in [0.1, 0.15) is 13.3 Å². The van der Waals surface area contributed by atoms with E-state index in [2.05, 4.69) is 22.2 Å². The summed E-state index contributed by atoms with van der Waals surface area (Å²) in [5, 5.41) is 3.15. The van der Waals surface area contributed by atoms with E-state index in [-0.39, 0.29) is 12.7 Å². The van der Waals surface area contributed by atoms with Crippen molar-refractivity contribution in [1.29, 1.82) is 0 Å². The molecule has 0 unspecified atom stereocenters. The van der Waals surface area contributed by atoms with Crippen molar-refractivity contribution >= 4 is 11.8 Å². The van der Waals surface area contributed by atoms with E-state index >= 15 is 0 Å². The van der Waals surface area contributed by atoms with Crippen molar-refractivity contribution in [3.8, 4) is 23.1 Å². The van der Waals surface area contributed by atoms with E-state index in [1.54, 1.807) is 24.3 Å². The van der Waals surface area contributed by atoms with Gasteiger partial charge in [-0.05, 0) is 18.6 Å². The number of hydrogen-bond acceptors (Lipinski definition) is 7. The zero-order valence-electron chi connectivity index (χ0n) is 11.6. The molecule has 0 bridgehead atoms. The molecule has 0 saturated heterocycles. The molecule has 110 valence electrons. The lowest BCUT2D eigenvalue weighted by atomic mass is 10.3. The Morgan fingerprint density at radius 1 is 1.24 bits per heavy atom. The van der Waals surface area contributed by atoms with Crippen molar-refractivity contribution in [1.82, 2.24) is 9.97 Å². The fourth-order valence-electron chi connectivity index (χ4n) is 1.90. The quantitative estimate of drug-likeness (QED) is 0.872. The van der Waals surface area contributed by atoms with Crippen molar-refractivity contribution in [3.63, 3.8) is 0 Å². The van der Waals surface area contributed by atoms with Gasteiger partial charge in [-0.15, -0.1) is 0 Å². The van der Waals surface area contributed by atoms with Crippen molar-refractivity contribution in [3.05, 3.63) is 24.3 Å². The minimum Gasteiger partial charge on any atom is -0.454 e. The molecule has 2 aromatic rings. The van der Waals surface area contributed by atoms with Gasteiger partial charge in [0, 0.05) is 18.7 Å². The van der Waals surface area contributed by atoms with E-state index < -0.39 is 0 Å². The summed E-state index contributed by atoms with van der Waals surface area (Å²) in [5.41, 5.74) is 5.69. The van der Waals surface area contributed by atoms with Crippen LogP contribution in [-0.2, 0) is 0 Å². The summed E-state index contributed by atoms with van der Waals surface area (Å²) in [6.07, 6.45) is 0.988. The Balaban J connectivity index is 1.79. The first-order valence-electron chi connectivity index (χ1n) is 6.70. The van der Waals surface area contributed by atoms with Crippen LogP contribution in [0.4, 0.5) is 11.8 Å². The maximum Gasteiger partial charge on any atom is 0.231 e. The van der Waals surface area contributed by atoms with E-state index in [9.17, 15) is 0 Å². The molecular formula is C14H16N4O3. The average Bonchev–Trinajstić information content (AvgIpc) is 2.92. The molecule has 0 radical (unpaired) electrons. The minimum atomic E-state index is 0.159. The van der Waals surface area contributed by atoms with Gasteiger partial charge in [-0.25, -0.2) is 0 Å². The Morgan fingerprint density at radius 3 is 2.95 bits per heavy atom. The maximum absolute atomic E-state index is 5.70. The monoisotopic (exact) mass is 288 g/mol. The number of hydrogen-bond donors (Lipinski definition) is 2. The van der Waals surface area contributed by atoms with Gasteiger partial charge in [0.2, 0.25) is 18.6 Å². The van der Waals surface area contributed by atoms with Crippen LogP contribution >= 0.6 is 0 Å². The lowest BCUT2D eigenvalue weighted by Crippen LogP contribution is -2.05. The van der Waals surface area contributed by atoms with E-state index in [1.165, 1.54) is 0 Å². The molecule has 3 rings (SSSR count). The number of aromatic nitrogens is 2. The summed E-state index contributed by atoms with van der Waals surface area (Å²) < 4.78 is 16.3. The van der Waals surface area contributed by atoms with Gasteiger partial charge in [-0.3, -0.25) is 0 Å². The molecule has 3 N–H and O–H groups in total. The number of nitrogens with zero attached hydrogens (tertiary/aromatic N) is 2. The highest BCUT2D eigenvalue weighted by Gasteiger charge is 2.14. The Kier molecular flexibility index (Phi) is 3.63. The van der Waals surface area contributed by atoms with Crippen LogP contribution in [0.15, 0.2) is 24.3 Å². The van der Waals surface area contributed by atoms with Gasteiger partial charge in [0.15, 0.2) is 11.5 Å². The Morgan fingerprint density at radius 2 is 2.10 bits per heavy atom. The number of fused-ring (bicyclic) bond motifs is 1. The molecule has 1 aliphatic rings. The molecule has 1 aromatic carbocycles. The summed E-state index contributed by atoms with van der Waals surface area (Å²) in [6, 6.07) is 7.03. The predicted molar refractivity (Wildman–Crippen MR) is 77.9 cm³/mol. The molecule has 1 aromatic heterocycles. The van der Waals surface area contributed by atoms with Crippen LogP contribution in [-0.4, -0.2) is 23.3 Å². The average molecular weight is 288 g/mol. The molecule has 1 aliphatic heterocycles. The van der Waals surface area contributed by atoms with Crippen LogP contribution in [0.3, 0.4) is 0 Å². The second kappa shape index (κ2) is 5.74.